The summed E-state index contributed by atoms with van der Waals surface area (Å²) in [4.78, 5) is 14.0. The standard InChI is InChI=1S/C73H50N5.Ir/c1-77-43-41-75-72(77)55-34-30-53(31-35-55)63-19-6-8-21-65(63)60-46-61(66-22-9-7-20-64(66)54-32-36-56(37-33-54)73-76-42-44-78(73)2)48-62(47-60)67-23-10-11-24-68(67)69-39-38-59(71-25-12-13-40-74-71)49-70(69)58-18-14-17-57(45-58)52-28-26-51(27-29-52)50-15-4-3-5-16-50;/h3-34,36,39-49H,1-2H3;/q-3;+3. The zero-order valence-electron chi connectivity index (χ0n) is 43.5. The third-order valence-corrected chi connectivity index (χ3v) is 14.7. The Morgan fingerprint density at radius 2 is 0.696 bits per heavy atom. The van der Waals surface area contributed by atoms with Gasteiger partial charge in [0.25, 0.3) is 0 Å². The number of pyridine rings is 1. The van der Waals surface area contributed by atoms with Gasteiger partial charge < -0.3 is 14.1 Å². The monoisotopic (exact) mass is 1190 g/mol. The van der Waals surface area contributed by atoms with E-state index < -0.39 is 0 Å². The molecule has 0 bridgehead atoms. The van der Waals surface area contributed by atoms with Gasteiger partial charge in [0.1, 0.15) is 0 Å². The smallest absolute Gasteiger partial charge is 0.373 e. The second kappa shape index (κ2) is 22.2. The van der Waals surface area contributed by atoms with E-state index in [1.807, 2.05) is 66.3 Å². The SMILES string of the molecule is Cn1ccnc1-c1[c-]cc(-c2ccccc2-c2cc(-c3ccccc3-c3c[c-]c(-c4nccn4C)cc3)cc(-c3ccccc3-c3c[c-]c(-c4ccccn4)cc3-c3cccc(-c4ccc(-c5ccccc5)cc4)c3)c2)cc1.[Ir+3]. The summed E-state index contributed by atoms with van der Waals surface area (Å²) in [5.41, 5.74) is 23.7. The summed E-state index contributed by atoms with van der Waals surface area (Å²) in [6.07, 6.45) is 9.42. The third kappa shape index (κ3) is 10.2. The van der Waals surface area contributed by atoms with E-state index in [1.165, 1.54) is 11.1 Å². The number of aryl methyl sites for hydroxylation is 2. The first-order valence-corrected chi connectivity index (χ1v) is 26.2. The van der Waals surface area contributed by atoms with Crippen LogP contribution in [0.3, 0.4) is 0 Å². The van der Waals surface area contributed by atoms with E-state index in [4.69, 9.17) is 4.98 Å². The van der Waals surface area contributed by atoms with Gasteiger partial charge in [0.05, 0.1) is 11.6 Å². The average molecular weight is 1190 g/mol. The average Bonchev–Trinajstić information content (AvgIpc) is 4.21. The minimum absolute atomic E-state index is 0. The zero-order valence-corrected chi connectivity index (χ0v) is 45.9. The molecule has 0 fully saturated rings. The Bertz CT molecular complexity index is 4110. The maximum absolute atomic E-state index is 4.78. The van der Waals surface area contributed by atoms with Crippen molar-refractivity contribution in [2.45, 2.75) is 0 Å². The van der Waals surface area contributed by atoms with Crippen molar-refractivity contribution >= 4 is 0 Å². The van der Waals surface area contributed by atoms with Gasteiger partial charge in [-0.2, -0.15) is 0 Å². The molecule has 0 saturated carbocycles. The fourth-order valence-corrected chi connectivity index (χ4v) is 10.7. The summed E-state index contributed by atoms with van der Waals surface area (Å²) >= 11 is 0. The molecule has 0 N–H and O–H groups in total. The molecular weight excluding hydrogens is 1140 g/mol. The molecular formula is C73H50IrN5. The second-order valence-electron chi connectivity index (χ2n) is 19.6. The molecule has 13 aromatic rings. The van der Waals surface area contributed by atoms with Crippen molar-refractivity contribution in [2.24, 2.45) is 14.1 Å². The molecule has 376 valence electrons. The van der Waals surface area contributed by atoms with Crippen LogP contribution in [0.25, 0.3) is 134 Å². The molecule has 0 aliphatic heterocycles. The van der Waals surface area contributed by atoms with Crippen LogP contribution in [-0.2, 0) is 34.2 Å². The summed E-state index contributed by atoms with van der Waals surface area (Å²) < 4.78 is 4.04. The van der Waals surface area contributed by atoms with Gasteiger partial charge in [-0.25, -0.2) is 0 Å². The summed E-state index contributed by atoms with van der Waals surface area (Å²) in [6, 6.07) is 95.6. The molecule has 0 spiro atoms. The van der Waals surface area contributed by atoms with E-state index in [1.54, 1.807) is 0 Å². The number of benzene rings is 10. The quantitative estimate of drug-likeness (QED) is 0.115. The molecule has 0 atom stereocenters. The molecule has 6 heteroatoms. The van der Waals surface area contributed by atoms with E-state index >= 15 is 0 Å². The Balaban J connectivity index is 0.00000623. The molecule has 0 aliphatic carbocycles. The van der Waals surface area contributed by atoms with Crippen molar-refractivity contribution in [3.63, 3.8) is 0 Å². The van der Waals surface area contributed by atoms with Crippen molar-refractivity contribution in [1.29, 1.82) is 0 Å². The van der Waals surface area contributed by atoms with Gasteiger partial charge in [-0.1, -0.05) is 197 Å². The Morgan fingerprint density at radius 1 is 0.278 bits per heavy atom. The molecule has 0 radical (unpaired) electrons. The minimum atomic E-state index is 0. The molecule has 0 amide bonds. The Hall–Kier alpha value is -9.58. The number of nitrogens with zero attached hydrogens (tertiary/aromatic N) is 5. The van der Waals surface area contributed by atoms with E-state index in [2.05, 4.69) is 253 Å². The normalized spacial score (nSPS) is 11.1. The Labute approximate surface area is 475 Å². The first-order chi connectivity index (χ1) is 38.5. The number of rotatable bonds is 12. The molecule has 79 heavy (non-hydrogen) atoms. The maximum atomic E-state index is 4.78. The van der Waals surface area contributed by atoms with Crippen LogP contribution in [0.15, 0.2) is 268 Å². The van der Waals surface area contributed by atoms with Crippen molar-refractivity contribution in [3.05, 3.63) is 286 Å². The molecule has 0 aliphatic rings. The van der Waals surface area contributed by atoms with Crippen LogP contribution in [-0.4, -0.2) is 24.1 Å². The third-order valence-electron chi connectivity index (χ3n) is 14.7. The number of aromatic nitrogens is 5. The fraction of sp³-hybridized carbons (Fsp3) is 0.0274. The van der Waals surface area contributed by atoms with Crippen LogP contribution in [0.1, 0.15) is 0 Å². The van der Waals surface area contributed by atoms with Crippen molar-refractivity contribution in [2.75, 3.05) is 0 Å². The number of imidazole rings is 2. The van der Waals surface area contributed by atoms with Gasteiger partial charge in [0, 0.05) is 45.1 Å². The topological polar surface area (TPSA) is 48.5 Å². The molecule has 13 rings (SSSR count). The summed E-state index contributed by atoms with van der Waals surface area (Å²) in [6.45, 7) is 0. The van der Waals surface area contributed by atoms with Crippen LogP contribution in [0.2, 0.25) is 0 Å². The summed E-state index contributed by atoms with van der Waals surface area (Å²) in [5, 5.41) is 0. The number of hydrogen-bond donors (Lipinski definition) is 0. The first kappa shape index (κ1) is 50.2. The zero-order chi connectivity index (χ0) is 52.4. The van der Waals surface area contributed by atoms with Crippen LogP contribution in [0, 0.1) is 18.2 Å². The van der Waals surface area contributed by atoms with E-state index in [0.29, 0.717) is 0 Å². The molecule has 5 nitrogen and oxygen atoms in total. The van der Waals surface area contributed by atoms with Gasteiger partial charge in [0.2, 0.25) is 0 Å². The van der Waals surface area contributed by atoms with E-state index in [0.717, 1.165) is 123 Å². The van der Waals surface area contributed by atoms with Gasteiger partial charge in [-0.15, -0.1) is 83.4 Å². The van der Waals surface area contributed by atoms with Gasteiger partial charge in [0.15, 0.2) is 0 Å². The fourth-order valence-electron chi connectivity index (χ4n) is 10.7. The first-order valence-electron chi connectivity index (χ1n) is 26.2. The van der Waals surface area contributed by atoms with Crippen molar-refractivity contribution < 1.29 is 20.1 Å². The largest absolute Gasteiger partial charge is 3.00 e. The predicted molar refractivity (Wildman–Crippen MR) is 320 cm³/mol. The Kier molecular flexibility index (Phi) is 14.1. The minimum Gasteiger partial charge on any atom is -0.373 e. The summed E-state index contributed by atoms with van der Waals surface area (Å²) in [7, 11) is 4.02. The van der Waals surface area contributed by atoms with Gasteiger partial charge in [-0.05, 0) is 97.2 Å². The molecule has 3 heterocycles. The molecule has 3 aromatic heterocycles. The van der Waals surface area contributed by atoms with E-state index in [-0.39, 0.29) is 20.1 Å². The van der Waals surface area contributed by atoms with Gasteiger partial charge >= 0.3 is 20.1 Å². The van der Waals surface area contributed by atoms with Crippen LogP contribution < -0.4 is 0 Å². The number of hydrogen-bond acceptors (Lipinski definition) is 3. The molecule has 0 unspecified atom stereocenters. The van der Waals surface area contributed by atoms with E-state index in [9.17, 15) is 0 Å². The molecule has 0 saturated heterocycles. The second-order valence-corrected chi connectivity index (χ2v) is 19.6. The van der Waals surface area contributed by atoms with Crippen LogP contribution in [0.5, 0.6) is 0 Å². The van der Waals surface area contributed by atoms with Crippen LogP contribution >= 0.6 is 0 Å². The summed E-state index contributed by atoms with van der Waals surface area (Å²) in [5.74, 6) is 1.75. The Morgan fingerprint density at radius 3 is 1.19 bits per heavy atom. The van der Waals surface area contributed by atoms with Crippen LogP contribution in [0.4, 0.5) is 0 Å². The van der Waals surface area contributed by atoms with Gasteiger partial charge in [-0.3, -0.25) is 9.97 Å². The van der Waals surface area contributed by atoms with Crippen molar-refractivity contribution in [1.82, 2.24) is 24.1 Å². The maximum Gasteiger partial charge on any atom is 3.00 e. The van der Waals surface area contributed by atoms with Crippen molar-refractivity contribution in [3.8, 4) is 134 Å². The molecule has 10 aromatic carbocycles. The predicted octanol–water partition coefficient (Wildman–Crippen LogP) is 18.0.